The second kappa shape index (κ2) is 6.84. The maximum Gasteiger partial charge on any atom is 0.137 e. The van der Waals surface area contributed by atoms with Crippen LogP contribution in [0, 0.1) is 17.2 Å². The van der Waals surface area contributed by atoms with Gasteiger partial charge in [0.05, 0.1) is 29.2 Å². The Morgan fingerprint density at radius 1 is 1.20 bits per heavy atom. The summed E-state index contributed by atoms with van der Waals surface area (Å²) < 4.78 is 2.08. The zero-order chi connectivity index (χ0) is 20.9. The van der Waals surface area contributed by atoms with E-state index in [9.17, 15) is 5.26 Å². The summed E-state index contributed by atoms with van der Waals surface area (Å²) in [5, 5.41) is 16.2. The maximum absolute atomic E-state index is 9.28. The normalized spacial score (nSPS) is 17.3. The Labute approximate surface area is 176 Å². The molecule has 30 heavy (non-hydrogen) atoms. The number of aromatic amines is 1. The van der Waals surface area contributed by atoms with E-state index >= 15 is 0 Å². The molecule has 3 aromatic heterocycles. The fourth-order valence-electron chi connectivity index (χ4n) is 4.49. The summed E-state index contributed by atoms with van der Waals surface area (Å²) in [4.78, 5) is 7.92. The Morgan fingerprint density at radius 2 is 2.07 bits per heavy atom. The second-order valence-corrected chi connectivity index (χ2v) is 9.12. The molecular formula is C25H25N5. The van der Waals surface area contributed by atoms with Crippen LogP contribution in [0.25, 0.3) is 38.6 Å². The average Bonchev–Trinajstić information content (AvgIpc) is 3.39. The smallest absolute Gasteiger partial charge is 0.137 e. The largest absolute Gasteiger partial charge is 0.346 e. The molecule has 150 valence electrons. The molecule has 1 aliphatic rings. The third-order valence-corrected chi connectivity index (χ3v) is 6.02. The van der Waals surface area contributed by atoms with Crippen molar-refractivity contribution < 1.29 is 0 Å². The molecule has 0 saturated heterocycles. The van der Waals surface area contributed by atoms with Crippen molar-refractivity contribution in [2.24, 2.45) is 5.92 Å². The van der Waals surface area contributed by atoms with Crippen LogP contribution in [0.4, 0.5) is 0 Å². The van der Waals surface area contributed by atoms with E-state index < -0.39 is 0 Å². The molecule has 0 fully saturated rings. The standard InChI is InChI=1S/C25H25N5/c1-25(2,3)30-22-9-8-18(12-19(22)14-29-30)21-15-28-24-20(10-11-27-24)23(21)17-6-4-16(13-26)5-7-17/h6,8-12,14-16H,4-5,7H2,1-3H3,(H,27,28). The van der Waals surface area contributed by atoms with E-state index in [4.69, 9.17) is 0 Å². The number of nitrogens with one attached hydrogen (secondary N) is 1. The highest BCUT2D eigenvalue weighted by Gasteiger charge is 2.21. The van der Waals surface area contributed by atoms with Gasteiger partial charge in [0, 0.05) is 28.7 Å². The third-order valence-electron chi connectivity index (χ3n) is 6.02. The summed E-state index contributed by atoms with van der Waals surface area (Å²) in [5.41, 5.74) is 6.80. The molecule has 0 amide bonds. The molecule has 4 aromatic rings. The lowest BCUT2D eigenvalue weighted by Crippen LogP contribution is -2.22. The molecule has 3 heterocycles. The van der Waals surface area contributed by atoms with Gasteiger partial charge in [-0.05, 0) is 74.9 Å². The number of fused-ring (bicyclic) bond motifs is 2. The van der Waals surface area contributed by atoms with Crippen molar-refractivity contribution in [1.82, 2.24) is 19.7 Å². The van der Waals surface area contributed by atoms with Crippen LogP contribution in [0.3, 0.4) is 0 Å². The third kappa shape index (κ3) is 3.00. The van der Waals surface area contributed by atoms with Crippen LogP contribution in [-0.4, -0.2) is 19.7 Å². The van der Waals surface area contributed by atoms with Gasteiger partial charge in [-0.25, -0.2) is 4.98 Å². The van der Waals surface area contributed by atoms with Gasteiger partial charge in [-0.2, -0.15) is 10.4 Å². The molecule has 5 nitrogen and oxygen atoms in total. The van der Waals surface area contributed by atoms with Gasteiger partial charge < -0.3 is 4.98 Å². The lowest BCUT2D eigenvalue weighted by atomic mass is 9.84. The molecule has 5 rings (SSSR count). The molecule has 0 aliphatic heterocycles. The molecule has 5 heteroatoms. The van der Waals surface area contributed by atoms with Crippen molar-refractivity contribution in [3.8, 4) is 17.2 Å². The number of hydrogen-bond acceptors (Lipinski definition) is 3. The van der Waals surface area contributed by atoms with Gasteiger partial charge in [0.2, 0.25) is 0 Å². The number of hydrogen-bond donors (Lipinski definition) is 1. The van der Waals surface area contributed by atoms with Crippen molar-refractivity contribution in [2.75, 3.05) is 0 Å². The molecule has 1 atom stereocenters. The lowest BCUT2D eigenvalue weighted by molar-refractivity contribution is 0.368. The summed E-state index contributed by atoms with van der Waals surface area (Å²) in [6, 6.07) is 11.1. The van der Waals surface area contributed by atoms with Crippen molar-refractivity contribution in [2.45, 2.75) is 45.6 Å². The minimum atomic E-state index is -0.0653. The molecule has 1 N–H and O–H groups in total. The van der Waals surface area contributed by atoms with Crippen molar-refractivity contribution >= 4 is 27.5 Å². The number of nitriles is 1. The van der Waals surface area contributed by atoms with Gasteiger partial charge in [-0.3, -0.25) is 4.68 Å². The van der Waals surface area contributed by atoms with Crippen LogP contribution in [0.15, 0.2) is 48.9 Å². The topological polar surface area (TPSA) is 70.3 Å². The number of pyridine rings is 1. The summed E-state index contributed by atoms with van der Waals surface area (Å²) in [6.07, 6.45) is 10.8. The highest BCUT2D eigenvalue weighted by Crippen LogP contribution is 2.40. The highest BCUT2D eigenvalue weighted by atomic mass is 15.3. The first-order valence-electron chi connectivity index (χ1n) is 10.5. The van der Waals surface area contributed by atoms with E-state index in [0.29, 0.717) is 0 Å². The van der Waals surface area contributed by atoms with E-state index in [-0.39, 0.29) is 11.5 Å². The highest BCUT2D eigenvalue weighted by molar-refractivity contribution is 5.99. The number of nitrogens with zero attached hydrogens (tertiary/aromatic N) is 4. The van der Waals surface area contributed by atoms with Crippen molar-refractivity contribution in [3.05, 3.63) is 54.5 Å². The van der Waals surface area contributed by atoms with E-state index in [2.05, 4.69) is 76.9 Å². The van der Waals surface area contributed by atoms with Crippen LogP contribution < -0.4 is 0 Å². The molecule has 0 spiro atoms. The Bertz CT molecular complexity index is 1320. The molecule has 0 radical (unpaired) electrons. The Hall–Kier alpha value is -3.39. The zero-order valence-electron chi connectivity index (χ0n) is 17.6. The van der Waals surface area contributed by atoms with E-state index in [0.717, 1.165) is 52.3 Å². The minimum absolute atomic E-state index is 0.0653. The van der Waals surface area contributed by atoms with E-state index in [1.54, 1.807) is 0 Å². The van der Waals surface area contributed by atoms with Crippen LogP contribution in [0.5, 0.6) is 0 Å². The Balaban J connectivity index is 1.68. The fourth-order valence-corrected chi connectivity index (χ4v) is 4.49. The average molecular weight is 396 g/mol. The Morgan fingerprint density at radius 3 is 2.80 bits per heavy atom. The number of aromatic nitrogens is 4. The lowest BCUT2D eigenvalue weighted by Gasteiger charge is -2.21. The van der Waals surface area contributed by atoms with Gasteiger partial charge in [0.1, 0.15) is 5.65 Å². The zero-order valence-corrected chi connectivity index (χ0v) is 17.6. The summed E-state index contributed by atoms with van der Waals surface area (Å²) >= 11 is 0. The summed E-state index contributed by atoms with van der Waals surface area (Å²) in [5.74, 6) is 0.125. The first-order valence-corrected chi connectivity index (χ1v) is 10.5. The summed E-state index contributed by atoms with van der Waals surface area (Å²) in [7, 11) is 0. The molecule has 1 aliphatic carbocycles. The molecule has 1 unspecified atom stereocenters. The van der Waals surface area contributed by atoms with Gasteiger partial charge in [0.25, 0.3) is 0 Å². The van der Waals surface area contributed by atoms with Crippen LogP contribution in [-0.2, 0) is 5.54 Å². The van der Waals surface area contributed by atoms with Gasteiger partial charge >= 0.3 is 0 Å². The van der Waals surface area contributed by atoms with Gasteiger partial charge in [0.15, 0.2) is 0 Å². The van der Waals surface area contributed by atoms with E-state index in [1.165, 1.54) is 11.1 Å². The van der Waals surface area contributed by atoms with Crippen molar-refractivity contribution in [3.63, 3.8) is 0 Å². The predicted molar refractivity (Wildman–Crippen MR) is 121 cm³/mol. The predicted octanol–water partition coefficient (Wildman–Crippen LogP) is 6.04. The number of allylic oxidation sites excluding steroid dienone is 2. The number of benzene rings is 1. The number of H-pyrrole nitrogens is 1. The molecular weight excluding hydrogens is 370 g/mol. The number of rotatable bonds is 2. The second-order valence-electron chi connectivity index (χ2n) is 9.12. The molecule has 0 bridgehead atoms. The SMILES string of the molecule is CC(C)(C)n1ncc2cc(-c3cnc4[nH]ccc4c3C3=CCC(C#N)CC3)ccc21. The van der Waals surface area contributed by atoms with Gasteiger partial charge in [-0.15, -0.1) is 0 Å². The van der Waals surface area contributed by atoms with Crippen LogP contribution >= 0.6 is 0 Å². The van der Waals surface area contributed by atoms with Crippen molar-refractivity contribution in [1.29, 1.82) is 5.26 Å². The first-order chi connectivity index (χ1) is 14.5. The Kier molecular flexibility index (Phi) is 4.25. The molecule has 0 saturated carbocycles. The monoisotopic (exact) mass is 395 g/mol. The first kappa shape index (κ1) is 18.6. The van der Waals surface area contributed by atoms with Crippen LogP contribution in [0.1, 0.15) is 45.6 Å². The fraction of sp³-hybridized carbons (Fsp3) is 0.320. The minimum Gasteiger partial charge on any atom is -0.346 e. The summed E-state index contributed by atoms with van der Waals surface area (Å²) in [6.45, 7) is 6.50. The van der Waals surface area contributed by atoms with Crippen LogP contribution in [0.2, 0.25) is 0 Å². The molecule has 1 aromatic carbocycles. The van der Waals surface area contributed by atoms with E-state index in [1.807, 2.05) is 18.6 Å². The quantitative estimate of drug-likeness (QED) is 0.450. The maximum atomic E-state index is 9.28. The van der Waals surface area contributed by atoms with Gasteiger partial charge in [-0.1, -0.05) is 12.1 Å².